The molecule has 3 rings (SSSR count). The summed E-state index contributed by atoms with van der Waals surface area (Å²) < 4.78 is 57.0. The fraction of sp³-hybridized carbons (Fsp3) is 0.300. The standard InChI is InChI=1S/C20H20F4N2O/c1-2-25-11-13-5-3-8-17(27-10-9-20(22,23)24)18(13)15-12-26-19-14(15)6-4-7-16(19)21/h3-8,12,25-26H,2,9-11H2,1H3. The summed E-state index contributed by atoms with van der Waals surface area (Å²) in [5.74, 6) is -0.0396. The molecule has 7 heteroatoms. The van der Waals surface area contributed by atoms with Crippen LogP contribution in [0.4, 0.5) is 17.6 Å². The number of ether oxygens (including phenoxy) is 1. The summed E-state index contributed by atoms with van der Waals surface area (Å²) in [5.41, 5.74) is 2.58. The van der Waals surface area contributed by atoms with Crippen LogP contribution in [0.5, 0.6) is 5.75 Å². The van der Waals surface area contributed by atoms with Crippen molar-refractivity contribution in [3.05, 3.63) is 54.0 Å². The van der Waals surface area contributed by atoms with Gasteiger partial charge < -0.3 is 15.0 Å². The van der Waals surface area contributed by atoms with Crippen LogP contribution in [0.2, 0.25) is 0 Å². The smallest absolute Gasteiger partial charge is 0.392 e. The topological polar surface area (TPSA) is 37.0 Å². The average molecular weight is 380 g/mol. The highest BCUT2D eigenvalue weighted by Gasteiger charge is 2.27. The average Bonchev–Trinajstić information content (AvgIpc) is 3.04. The van der Waals surface area contributed by atoms with E-state index >= 15 is 0 Å². The first kappa shape index (κ1) is 19.2. The van der Waals surface area contributed by atoms with Crippen molar-refractivity contribution in [1.82, 2.24) is 10.3 Å². The van der Waals surface area contributed by atoms with Gasteiger partial charge in [-0.15, -0.1) is 0 Å². The Morgan fingerprint density at radius 2 is 1.89 bits per heavy atom. The van der Waals surface area contributed by atoms with E-state index in [0.717, 1.165) is 12.1 Å². The van der Waals surface area contributed by atoms with Crippen molar-refractivity contribution in [3.63, 3.8) is 0 Å². The SMILES string of the molecule is CCNCc1cccc(OCCC(F)(F)F)c1-c1c[nH]c2c(F)cccc12. The van der Waals surface area contributed by atoms with Crippen LogP contribution in [-0.4, -0.2) is 24.3 Å². The number of nitrogens with one attached hydrogen (secondary N) is 2. The van der Waals surface area contributed by atoms with Crippen molar-refractivity contribution < 1.29 is 22.3 Å². The van der Waals surface area contributed by atoms with Crippen LogP contribution in [0.25, 0.3) is 22.0 Å². The third kappa shape index (κ3) is 4.42. The van der Waals surface area contributed by atoms with Crippen molar-refractivity contribution in [2.24, 2.45) is 0 Å². The van der Waals surface area contributed by atoms with E-state index in [1.54, 1.807) is 30.5 Å². The number of para-hydroxylation sites is 1. The van der Waals surface area contributed by atoms with Gasteiger partial charge in [0.05, 0.1) is 18.5 Å². The minimum absolute atomic E-state index is 0.347. The number of aromatic nitrogens is 1. The number of aromatic amines is 1. The first-order valence-electron chi connectivity index (χ1n) is 8.69. The van der Waals surface area contributed by atoms with Gasteiger partial charge in [-0.3, -0.25) is 0 Å². The molecule has 0 saturated heterocycles. The molecule has 2 aromatic carbocycles. The molecular formula is C20H20F4N2O. The van der Waals surface area contributed by atoms with Gasteiger partial charge in [-0.05, 0) is 24.2 Å². The molecule has 0 amide bonds. The van der Waals surface area contributed by atoms with Gasteiger partial charge in [0.2, 0.25) is 0 Å². The summed E-state index contributed by atoms with van der Waals surface area (Å²) in [6.45, 7) is 2.74. The lowest BCUT2D eigenvalue weighted by Crippen LogP contribution is -2.15. The van der Waals surface area contributed by atoms with Gasteiger partial charge in [0.15, 0.2) is 0 Å². The molecule has 1 heterocycles. The number of fused-ring (bicyclic) bond motifs is 1. The van der Waals surface area contributed by atoms with E-state index in [0.29, 0.717) is 34.3 Å². The molecule has 0 spiro atoms. The zero-order valence-corrected chi connectivity index (χ0v) is 14.8. The fourth-order valence-electron chi connectivity index (χ4n) is 3.01. The van der Waals surface area contributed by atoms with E-state index in [4.69, 9.17) is 4.74 Å². The van der Waals surface area contributed by atoms with Crippen molar-refractivity contribution >= 4 is 10.9 Å². The van der Waals surface area contributed by atoms with Gasteiger partial charge in [0.1, 0.15) is 11.6 Å². The Bertz CT molecular complexity index is 918. The van der Waals surface area contributed by atoms with Gasteiger partial charge in [-0.1, -0.05) is 31.2 Å². The zero-order valence-electron chi connectivity index (χ0n) is 14.8. The van der Waals surface area contributed by atoms with E-state index in [1.807, 2.05) is 13.0 Å². The lowest BCUT2D eigenvalue weighted by molar-refractivity contribution is -0.139. The Morgan fingerprint density at radius 1 is 1.11 bits per heavy atom. The summed E-state index contributed by atoms with van der Waals surface area (Å²) in [4.78, 5) is 2.91. The van der Waals surface area contributed by atoms with Crippen molar-refractivity contribution in [3.8, 4) is 16.9 Å². The van der Waals surface area contributed by atoms with Crippen LogP contribution in [0.15, 0.2) is 42.6 Å². The fourth-order valence-corrected chi connectivity index (χ4v) is 3.01. The monoisotopic (exact) mass is 380 g/mol. The summed E-state index contributed by atoms with van der Waals surface area (Å²) in [5, 5.41) is 3.87. The molecule has 3 aromatic rings. The van der Waals surface area contributed by atoms with Crippen molar-refractivity contribution in [1.29, 1.82) is 0 Å². The second kappa shape index (κ2) is 8.00. The quantitative estimate of drug-likeness (QED) is 0.538. The highest BCUT2D eigenvalue weighted by molar-refractivity contribution is 5.98. The number of H-pyrrole nitrogens is 1. The molecule has 2 N–H and O–H groups in total. The number of hydrogen-bond acceptors (Lipinski definition) is 2. The number of hydrogen-bond donors (Lipinski definition) is 2. The van der Waals surface area contributed by atoms with E-state index in [-0.39, 0.29) is 5.82 Å². The van der Waals surface area contributed by atoms with E-state index < -0.39 is 19.2 Å². The first-order chi connectivity index (χ1) is 12.9. The maximum atomic E-state index is 14.1. The van der Waals surface area contributed by atoms with Crippen LogP contribution < -0.4 is 10.1 Å². The van der Waals surface area contributed by atoms with Crippen LogP contribution in [0, 0.1) is 5.82 Å². The summed E-state index contributed by atoms with van der Waals surface area (Å²) >= 11 is 0. The maximum Gasteiger partial charge on any atom is 0.392 e. The molecule has 0 aliphatic rings. The summed E-state index contributed by atoms with van der Waals surface area (Å²) in [6, 6.07) is 9.99. The molecule has 0 aliphatic heterocycles. The van der Waals surface area contributed by atoms with Gasteiger partial charge in [0.25, 0.3) is 0 Å². The molecular weight excluding hydrogens is 360 g/mol. The third-order valence-electron chi connectivity index (χ3n) is 4.26. The van der Waals surface area contributed by atoms with Gasteiger partial charge >= 0.3 is 6.18 Å². The molecule has 1 aromatic heterocycles. The second-order valence-corrected chi connectivity index (χ2v) is 6.15. The van der Waals surface area contributed by atoms with Gasteiger partial charge in [-0.2, -0.15) is 13.2 Å². The Labute approximate surface area is 154 Å². The minimum Gasteiger partial charge on any atom is -0.493 e. The Kier molecular flexibility index (Phi) is 5.70. The molecule has 0 fully saturated rings. The highest BCUT2D eigenvalue weighted by atomic mass is 19.4. The number of halogens is 4. The van der Waals surface area contributed by atoms with Crippen LogP contribution in [0.1, 0.15) is 18.9 Å². The van der Waals surface area contributed by atoms with Crippen LogP contribution >= 0.6 is 0 Å². The molecule has 0 atom stereocenters. The highest BCUT2D eigenvalue weighted by Crippen LogP contribution is 2.38. The third-order valence-corrected chi connectivity index (χ3v) is 4.26. The van der Waals surface area contributed by atoms with E-state index in [1.165, 1.54) is 6.07 Å². The van der Waals surface area contributed by atoms with Crippen LogP contribution in [-0.2, 0) is 6.54 Å². The Balaban J connectivity index is 2.05. The summed E-state index contributed by atoms with van der Waals surface area (Å²) in [6.07, 6.45) is -3.66. The normalized spacial score (nSPS) is 11.9. The van der Waals surface area contributed by atoms with Crippen molar-refractivity contribution in [2.75, 3.05) is 13.2 Å². The number of alkyl halides is 3. The molecule has 0 radical (unpaired) electrons. The molecule has 0 saturated carbocycles. The molecule has 27 heavy (non-hydrogen) atoms. The van der Waals surface area contributed by atoms with Crippen LogP contribution in [0.3, 0.4) is 0 Å². The molecule has 3 nitrogen and oxygen atoms in total. The largest absolute Gasteiger partial charge is 0.493 e. The Hall–Kier alpha value is -2.54. The van der Waals surface area contributed by atoms with E-state index in [9.17, 15) is 17.6 Å². The lowest BCUT2D eigenvalue weighted by atomic mass is 9.97. The second-order valence-electron chi connectivity index (χ2n) is 6.15. The predicted molar refractivity (Wildman–Crippen MR) is 97.2 cm³/mol. The predicted octanol–water partition coefficient (Wildman–Crippen LogP) is 5.41. The Morgan fingerprint density at radius 3 is 2.63 bits per heavy atom. The number of benzene rings is 2. The summed E-state index contributed by atoms with van der Waals surface area (Å²) in [7, 11) is 0. The van der Waals surface area contributed by atoms with Crippen molar-refractivity contribution in [2.45, 2.75) is 26.1 Å². The maximum absolute atomic E-state index is 14.1. The molecule has 0 unspecified atom stereocenters. The van der Waals surface area contributed by atoms with Gasteiger partial charge in [-0.25, -0.2) is 4.39 Å². The first-order valence-corrected chi connectivity index (χ1v) is 8.69. The molecule has 144 valence electrons. The number of rotatable bonds is 7. The molecule has 0 bridgehead atoms. The lowest BCUT2D eigenvalue weighted by Gasteiger charge is -2.16. The zero-order chi connectivity index (χ0) is 19.4. The van der Waals surface area contributed by atoms with E-state index in [2.05, 4.69) is 10.3 Å². The minimum atomic E-state index is -4.29. The van der Waals surface area contributed by atoms with Gasteiger partial charge in [0, 0.05) is 29.3 Å². The molecule has 0 aliphatic carbocycles.